The van der Waals surface area contributed by atoms with Gasteiger partial charge in [0.25, 0.3) is 0 Å². The molecule has 7 heteroatoms. The summed E-state index contributed by atoms with van der Waals surface area (Å²) in [4.78, 5) is 11.8. The second-order valence-electron chi connectivity index (χ2n) is 5.18. The highest BCUT2D eigenvalue weighted by Crippen LogP contribution is 2.11. The van der Waals surface area contributed by atoms with Gasteiger partial charge in [-0.1, -0.05) is 37.1 Å². The Hall–Kier alpha value is -1.11. The van der Waals surface area contributed by atoms with Gasteiger partial charge in [0.1, 0.15) is 0 Å². The van der Waals surface area contributed by atoms with Crippen LogP contribution in [0.25, 0.3) is 0 Å². The van der Waals surface area contributed by atoms with Crippen LogP contribution >= 0.6 is 11.6 Å². The molecule has 0 radical (unpaired) electrons. The Morgan fingerprint density at radius 3 is 2.45 bits per heavy atom. The van der Waals surface area contributed by atoms with E-state index in [-0.39, 0.29) is 19.0 Å². The molecule has 0 spiro atoms. The van der Waals surface area contributed by atoms with E-state index in [2.05, 4.69) is 5.32 Å². The summed E-state index contributed by atoms with van der Waals surface area (Å²) >= 11 is 5.82. The molecule has 0 saturated carbocycles. The van der Waals surface area contributed by atoms with Gasteiger partial charge >= 0.3 is 0 Å². The van der Waals surface area contributed by atoms with Crippen LogP contribution in [0.5, 0.6) is 0 Å². The van der Waals surface area contributed by atoms with Crippen LogP contribution in [0.3, 0.4) is 0 Å². The Morgan fingerprint density at radius 1 is 1.27 bits per heavy atom. The summed E-state index contributed by atoms with van der Waals surface area (Å²) < 4.78 is 24.8. The number of benzene rings is 1. The normalized spacial score (nSPS) is 11.6. The maximum Gasteiger partial charge on any atom is 0.235 e. The smallest absolute Gasteiger partial charge is 0.235 e. The molecule has 1 aromatic rings. The molecule has 1 aromatic carbocycles. The number of nitrogens with one attached hydrogen (secondary N) is 1. The fourth-order valence-electron chi connectivity index (χ4n) is 1.89. The molecule has 1 amide bonds. The van der Waals surface area contributed by atoms with Crippen molar-refractivity contribution in [1.29, 1.82) is 0 Å². The highest BCUT2D eigenvalue weighted by atomic mass is 35.5. The van der Waals surface area contributed by atoms with Crippen molar-refractivity contribution in [2.75, 3.05) is 25.9 Å². The maximum absolute atomic E-state index is 11.8. The zero-order valence-corrected chi connectivity index (χ0v) is 14.6. The molecule has 1 rings (SSSR count). The van der Waals surface area contributed by atoms with Crippen molar-refractivity contribution in [2.45, 2.75) is 26.2 Å². The van der Waals surface area contributed by atoms with Gasteiger partial charge in [0.2, 0.25) is 15.9 Å². The number of hydrogen-bond acceptors (Lipinski definition) is 3. The maximum atomic E-state index is 11.8. The van der Waals surface area contributed by atoms with Crippen LogP contribution < -0.4 is 5.32 Å². The average molecular weight is 347 g/mol. The van der Waals surface area contributed by atoms with E-state index >= 15 is 0 Å². The SMILES string of the molecule is CCCCNC(=O)CN(CCc1ccc(Cl)cc1)S(C)(=O)=O. The van der Waals surface area contributed by atoms with Gasteiger partial charge in [0.05, 0.1) is 12.8 Å². The van der Waals surface area contributed by atoms with E-state index in [1.54, 1.807) is 12.1 Å². The lowest BCUT2D eigenvalue weighted by atomic mass is 10.1. The number of carbonyl (C=O) groups excluding carboxylic acids is 1. The van der Waals surface area contributed by atoms with Crippen molar-refractivity contribution in [2.24, 2.45) is 0 Å². The van der Waals surface area contributed by atoms with E-state index in [0.29, 0.717) is 18.0 Å². The van der Waals surface area contributed by atoms with Gasteiger partial charge in [-0.2, -0.15) is 4.31 Å². The van der Waals surface area contributed by atoms with E-state index in [9.17, 15) is 13.2 Å². The third-order valence-corrected chi connectivity index (χ3v) is 4.71. The zero-order valence-electron chi connectivity index (χ0n) is 13.0. The fourth-order valence-corrected chi connectivity index (χ4v) is 2.79. The predicted octanol–water partition coefficient (Wildman–Crippen LogP) is 2.06. The number of unbranched alkanes of at least 4 members (excludes halogenated alkanes) is 1. The summed E-state index contributed by atoms with van der Waals surface area (Å²) in [6, 6.07) is 7.23. The molecule has 0 aromatic heterocycles. The van der Waals surface area contributed by atoms with Crippen LogP contribution in [0.2, 0.25) is 5.02 Å². The lowest BCUT2D eigenvalue weighted by molar-refractivity contribution is -0.121. The monoisotopic (exact) mass is 346 g/mol. The second-order valence-corrected chi connectivity index (χ2v) is 7.60. The van der Waals surface area contributed by atoms with Crippen molar-refractivity contribution in [3.63, 3.8) is 0 Å². The second kappa shape index (κ2) is 9.12. The summed E-state index contributed by atoms with van der Waals surface area (Å²) in [5.74, 6) is -0.269. The van der Waals surface area contributed by atoms with Gasteiger partial charge in [-0.3, -0.25) is 4.79 Å². The van der Waals surface area contributed by atoms with E-state index in [0.717, 1.165) is 24.7 Å². The van der Waals surface area contributed by atoms with Crippen molar-refractivity contribution in [1.82, 2.24) is 9.62 Å². The fraction of sp³-hybridized carbons (Fsp3) is 0.533. The number of carbonyl (C=O) groups is 1. The first kappa shape index (κ1) is 18.9. The van der Waals surface area contributed by atoms with E-state index in [1.807, 2.05) is 19.1 Å². The quantitative estimate of drug-likeness (QED) is 0.696. The van der Waals surface area contributed by atoms with Crippen LogP contribution in [-0.2, 0) is 21.2 Å². The Bertz CT molecular complexity index is 573. The minimum absolute atomic E-state index is 0.143. The first-order chi connectivity index (χ1) is 10.3. The molecule has 22 heavy (non-hydrogen) atoms. The summed E-state index contributed by atoms with van der Waals surface area (Å²) in [6.45, 7) is 2.73. The average Bonchev–Trinajstić information content (AvgIpc) is 2.44. The molecular formula is C15H23ClN2O3S. The molecule has 0 bridgehead atoms. The number of halogens is 1. The molecule has 0 aliphatic carbocycles. The van der Waals surface area contributed by atoms with Crippen LogP contribution in [0.15, 0.2) is 24.3 Å². The predicted molar refractivity (Wildman–Crippen MR) is 89.5 cm³/mol. The van der Waals surface area contributed by atoms with Gasteiger partial charge in [0, 0.05) is 18.1 Å². The number of amides is 1. The first-order valence-corrected chi connectivity index (χ1v) is 9.52. The summed E-state index contributed by atoms with van der Waals surface area (Å²) in [7, 11) is -3.42. The van der Waals surface area contributed by atoms with Gasteiger partial charge in [0.15, 0.2) is 0 Å². The molecule has 5 nitrogen and oxygen atoms in total. The number of sulfonamides is 1. The lowest BCUT2D eigenvalue weighted by Crippen LogP contribution is -2.41. The molecule has 0 unspecified atom stereocenters. The number of rotatable bonds is 9. The Morgan fingerprint density at radius 2 is 1.91 bits per heavy atom. The highest BCUT2D eigenvalue weighted by molar-refractivity contribution is 7.88. The molecule has 124 valence electrons. The molecule has 0 aliphatic heterocycles. The minimum Gasteiger partial charge on any atom is -0.355 e. The molecule has 1 N–H and O–H groups in total. The van der Waals surface area contributed by atoms with Crippen molar-refractivity contribution in [3.8, 4) is 0 Å². The Kier molecular flexibility index (Phi) is 7.85. The Labute approximate surface area is 137 Å². The van der Waals surface area contributed by atoms with Crippen molar-refractivity contribution < 1.29 is 13.2 Å². The van der Waals surface area contributed by atoms with Crippen LogP contribution in [0.1, 0.15) is 25.3 Å². The van der Waals surface area contributed by atoms with Gasteiger partial charge in [-0.25, -0.2) is 8.42 Å². The third-order valence-electron chi connectivity index (χ3n) is 3.20. The summed E-state index contributed by atoms with van der Waals surface area (Å²) in [5.41, 5.74) is 0.976. The van der Waals surface area contributed by atoms with Crippen LogP contribution in [-0.4, -0.2) is 44.5 Å². The molecular weight excluding hydrogens is 324 g/mol. The first-order valence-electron chi connectivity index (χ1n) is 7.29. The molecule has 0 atom stereocenters. The molecule has 0 saturated heterocycles. The molecule has 0 heterocycles. The van der Waals surface area contributed by atoms with Crippen molar-refractivity contribution >= 4 is 27.5 Å². The zero-order chi connectivity index (χ0) is 16.6. The third kappa shape index (κ3) is 7.24. The van der Waals surface area contributed by atoms with Gasteiger partial charge < -0.3 is 5.32 Å². The minimum atomic E-state index is -3.42. The topological polar surface area (TPSA) is 66.5 Å². The molecule has 0 fully saturated rings. The number of hydrogen-bond donors (Lipinski definition) is 1. The van der Waals surface area contributed by atoms with E-state index < -0.39 is 10.0 Å². The lowest BCUT2D eigenvalue weighted by Gasteiger charge is -2.19. The van der Waals surface area contributed by atoms with E-state index in [4.69, 9.17) is 11.6 Å². The van der Waals surface area contributed by atoms with Crippen LogP contribution in [0, 0.1) is 0 Å². The largest absolute Gasteiger partial charge is 0.355 e. The summed E-state index contributed by atoms with van der Waals surface area (Å²) in [6.07, 6.45) is 3.52. The summed E-state index contributed by atoms with van der Waals surface area (Å²) in [5, 5.41) is 3.37. The van der Waals surface area contributed by atoms with Crippen LogP contribution in [0.4, 0.5) is 0 Å². The number of nitrogens with zero attached hydrogens (tertiary/aromatic N) is 1. The highest BCUT2D eigenvalue weighted by Gasteiger charge is 2.19. The Balaban J connectivity index is 2.58. The molecule has 0 aliphatic rings. The van der Waals surface area contributed by atoms with Crippen molar-refractivity contribution in [3.05, 3.63) is 34.9 Å². The van der Waals surface area contributed by atoms with Gasteiger partial charge in [-0.15, -0.1) is 0 Å². The standard InChI is InChI=1S/C15H23ClN2O3S/c1-3-4-10-17-15(19)12-18(22(2,20)21)11-9-13-5-7-14(16)8-6-13/h5-8H,3-4,9-12H2,1-2H3,(H,17,19). The van der Waals surface area contributed by atoms with E-state index in [1.165, 1.54) is 4.31 Å². The van der Waals surface area contributed by atoms with Gasteiger partial charge in [-0.05, 0) is 30.5 Å².